The first-order valence-corrected chi connectivity index (χ1v) is 11.0. The summed E-state index contributed by atoms with van der Waals surface area (Å²) in [5, 5.41) is 11.0. The molecule has 2 N–H and O–H groups in total. The van der Waals surface area contributed by atoms with Crippen LogP contribution < -0.4 is 16.2 Å². The maximum Gasteiger partial charge on any atom is 0.319 e. The lowest BCUT2D eigenvalue weighted by Crippen LogP contribution is -2.34. The van der Waals surface area contributed by atoms with Crippen LogP contribution in [-0.4, -0.2) is 27.3 Å². The van der Waals surface area contributed by atoms with Gasteiger partial charge in [-0.2, -0.15) is 5.10 Å². The van der Waals surface area contributed by atoms with Gasteiger partial charge in [-0.25, -0.2) is 14.5 Å². The van der Waals surface area contributed by atoms with Gasteiger partial charge in [-0.3, -0.25) is 4.79 Å². The van der Waals surface area contributed by atoms with Gasteiger partial charge in [0.15, 0.2) is 0 Å². The molecule has 0 aliphatic heterocycles. The van der Waals surface area contributed by atoms with Crippen molar-refractivity contribution in [1.29, 1.82) is 0 Å². The molecule has 0 atom stereocenters. The Morgan fingerprint density at radius 2 is 1.84 bits per heavy atom. The van der Waals surface area contributed by atoms with Crippen molar-refractivity contribution in [1.82, 2.24) is 20.1 Å². The first kappa shape index (κ1) is 21.5. The Balaban J connectivity index is 1.44. The first-order valence-electron chi connectivity index (χ1n) is 10.2. The van der Waals surface area contributed by atoms with Crippen LogP contribution in [0.15, 0.2) is 71.5 Å². The number of nitrogens with one attached hydrogen (secondary N) is 2. The number of hydrogen-bond donors (Lipinski definition) is 2. The van der Waals surface area contributed by atoms with Crippen molar-refractivity contribution >= 4 is 23.1 Å². The molecule has 32 heavy (non-hydrogen) atoms. The number of benzene rings is 2. The van der Waals surface area contributed by atoms with E-state index < -0.39 is 0 Å². The standard InChI is InChI=1S/C24H23N5O2S/c1-16-7-6-10-19(15-16)27-24(31)25-13-14-29-21(30)12-11-20(28-29)22-17(2)26-23(32-22)18-8-4-3-5-9-18/h3-12,15H,13-14H2,1-2H3,(H2,25,27,31). The van der Waals surface area contributed by atoms with Gasteiger partial charge in [0.1, 0.15) is 10.7 Å². The molecule has 0 fully saturated rings. The number of aromatic nitrogens is 3. The van der Waals surface area contributed by atoms with Gasteiger partial charge in [0.25, 0.3) is 5.56 Å². The van der Waals surface area contributed by atoms with Crippen molar-refractivity contribution in [2.24, 2.45) is 0 Å². The number of hydrogen-bond acceptors (Lipinski definition) is 5. The van der Waals surface area contributed by atoms with Crippen LogP contribution in [0.2, 0.25) is 0 Å². The topological polar surface area (TPSA) is 88.9 Å². The van der Waals surface area contributed by atoms with Crippen LogP contribution >= 0.6 is 11.3 Å². The van der Waals surface area contributed by atoms with E-state index in [2.05, 4.69) is 20.7 Å². The van der Waals surface area contributed by atoms with E-state index in [0.29, 0.717) is 5.69 Å². The number of rotatable bonds is 6. The van der Waals surface area contributed by atoms with Gasteiger partial charge in [-0.1, -0.05) is 42.5 Å². The lowest BCUT2D eigenvalue weighted by Gasteiger charge is -2.09. The molecule has 2 heterocycles. The molecule has 0 unspecified atom stereocenters. The fraction of sp³-hybridized carbons (Fsp3) is 0.167. The van der Waals surface area contributed by atoms with Gasteiger partial charge >= 0.3 is 6.03 Å². The first-order chi connectivity index (χ1) is 15.5. The third kappa shape index (κ3) is 5.09. The summed E-state index contributed by atoms with van der Waals surface area (Å²) in [4.78, 5) is 30.0. The number of aryl methyl sites for hydroxylation is 2. The van der Waals surface area contributed by atoms with Crippen LogP contribution in [0, 0.1) is 13.8 Å². The fourth-order valence-electron chi connectivity index (χ4n) is 3.24. The number of nitrogens with zero attached hydrogens (tertiary/aromatic N) is 3. The Labute approximate surface area is 189 Å². The highest BCUT2D eigenvalue weighted by Gasteiger charge is 2.13. The number of thiazole rings is 1. The van der Waals surface area contributed by atoms with E-state index in [4.69, 9.17) is 0 Å². The molecule has 0 aliphatic rings. The summed E-state index contributed by atoms with van der Waals surface area (Å²) in [5.74, 6) is 0. The molecule has 0 saturated carbocycles. The third-order valence-corrected chi connectivity index (χ3v) is 6.03. The maximum atomic E-state index is 12.3. The van der Waals surface area contributed by atoms with Crippen LogP contribution in [0.25, 0.3) is 21.1 Å². The van der Waals surface area contributed by atoms with Gasteiger partial charge in [0.2, 0.25) is 0 Å². The zero-order valence-corrected chi connectivity index (χ0v) is 18.6. The van der Waals surface area contributed by atoms with E-state index in [1.807, 2.05) is 68.4 Å². The monoisotopic (exact) mass is 445 g/mol. The van der Waals surface area contributed by atoms with Crippen molar-refractivity contribution in [3.8, 4) is 21.1 Å². The molecule has 2 aromatic heterocycles. The van der Waals surface area contributed by atoms with Gasteiger partial charge in [0, 0.05) is 23.9 Å². The molecule has 2 aromatic carbocycles. The summed E-state index contributed by atoms with van der Waals surface area (Å²) in [5.41, 5.74) is 4.15. The highest BCUT2D eigenvalue weighted by atomic mass is 32.1. The zero-order valence-electron chi connectivity index (χ0n) is 17.8. The van der Waals surface area contributed by atoms with Crippen molar-refractivity contribution < 1.29 is 4.79 Å². The molecule has 0 spiro atoms. The molecule has 8 heteroatoms. The Kier molecular flexibility index (Phi) is 6.42. The largest absolute Gasteiger partial charge is 0.336 e. The lowest BCUT2D eigenvalue weighted by atomic mass is 10.2. The zero-order chi connectivity index (χ0) is 22.5. The van der Waals surface area contributed by atoms with Crippen molar-refractivity contribution in [3.63, 3.8) is 0 Å². The quantitative estimate of drug-likeness (QED) is 0.458. The minimum atomic E-state index is -0.328. The van der Waals surface area contributed by atoms with Crippen LogP contribution in [0.4, 0.5) is 10.5 Å². The molecular weight excluding hydrogens is 422 g/mol. The Morgan fingerprint density at radius 3 is 2.62 bits per heavy atom. The maximum absolute atomic E-state index is 12.3. The molecule has 0 bridgehead atoms. The van der Waals surface area contributed by atoms with Crippen LogP contribution in [0.1, 0.15) is 11.3 Å². The minimum absolute atomic E-state index is 0.222. The second-order valence-corrected chi connectivity index (χ2v) is 8.33. The molecule has 0 radical (unpaired) electrons. The summed E-state index contributed by atoms with van der Waals surface area (Å²) < 4.78 is 1.36. The molecule has 2 amide bonds. The number of carbonyl (C=O) groups is 1. The molecular formula is C24H23N5O2S. The predicted octanol–water partition coefficient (Wildman–Crippen LogP) is 4.47. The van der Waals surface area contributed by atoms with E-state index >= 15 is 0 Å². The lowest BCUT2D eigenvalue weighted by molar-refractivity contribution is 0.251. The molecule has 162 valence electrons. The van der Waals surface area contributed by atoms with Crippen molar-refractivity contribution in [2.45, 2.75) is 20.4 Å². The SMILES string of the molecule is Cc1cccc(NC(=O)NCCn2nc(-c3sc(-c4ccccc4)nc3C)ccc2=O)c1. The van der Waals surface area contributed by atoms with E-state index in [1.165, 1.54) is 10.7 Å². The molecule has 4 aromatic rings. The highest BCUT2D eigenvalue weighted by molar-refractivity contribution is 7.18. The molecule has 4 rings (SSSR count). The number of urea groups is 1. The average Bonchev–Trinajstić information content (AvgIpc) is 3.17. The number of carbonyl (C=O) groups excluding carboxylic acids is 1. The average molecular weight is 446 g/mol. The summed E-state index contributed by atoms with van der Waals surface area (Å²) in [6.07, 6.45) is 0. The summed E-state index contributed by atoms with van der Waals surface area (Å²) in [7, 11) is 0. The number of anilines is 1. The second kappa shape index (κ2) is 9.57. The molecule has 0 saturated heterocycles. The van der Waals surface area contributed by atoms with Gasteiger partial charge in [-0.05, 0) is 37.6 Å². The number of amides is 2. The van der Waals surface area contributed by atoms with Gasteiger partial charge in [0.05, 0.1) is 17.1 Å². The van der Waals surface area contributed by atoms with Crippen molar-refractivity contribution in [3.05, 3.63) is 88.3 Å². The van der Waals surface area contributed by atoms with Crippen LogP contribution in [0.5, 0.6) is 0 Å². The molecule has 0 aliphatic carbocycles. The van der Waals surface area contributed by atoms with E-state index in [-0.39, 0.29) is 24.7 Å². The Morgan fingerprint density at radius 1 is 1.03 bits per heavy atom. The van der Waals surface area contributed by atoms with Crippen LogP contribution in [0.3, 0.4) is 0 Å². The minimum Gasteiger partial charge on any atom is -0.336 e. The smallest absolute Gasteiger partial charge is 0.319 e. The summed E-state index contributed by atoms with van der Waals surface area (Å²) in [6, 6.07) is 20.4. The normalized spacial score (nSPS) is 10.7. The summed E-state index contributed by atoms with van der Waals surface area (Å²) in [6.45, 7) is 4.43. The second-order valence-electron chi connectivity index (χ2n) is 7.33. The van der Waals surface area contributed by atoms with Gasteiger partial charge in [-0.15, -0.1) is 11.3 Å². The van der Waals surface area contributed by atoms with E-state index in [9.17, 15) is 9.59 Å². The third-order valence-electron chi connectivity index (χ3n) is 4.80. The molecule has 7 nitrogen and oxygen atoms in total. The van der Waals surface area contributed by atoms with E-state index in [0.717, 1.165) is 32.4 Å². The Hall–Kier alpha value is -3.78. The predicted molar refractivity (Wildman–Crippen MR) is 128 cm³/mol. The van der Waals surface area contributed by atoms with Crippen LogP contribution in [-0.2, 0) is 6.54 Å². The van der Waals surface area contributed by atoms with Gasteiger partial charge < -0.3 is 10.6 Å². The highest BCUT2D eigenvalue weighted by Crippen LogP contribution is 2.33. The van der Waals surface area contributed by atoms with E-state index in [1.54, 1.807) is 17.4 Å². The Bertz CT molecular complexity index is 1300. The fourth-order valence-corrected chi connectivity index (χ4v) is 4.28. The summed E-state index contributed by atoms with van der Waals surface area (Å²) >= 11 is 1.54. The van der Waals surface area contributed by atoms with Crippen molar-refractivity contribution in [2.75, 3.05) is 11.9 Å².